The van der Waals surface area contributed by atoms with Crippen molar-refractivity contribution in [2.75, 3.05) is 0 Å². The van der Waals surface area contributed by atoms with Gasteiger partial charge in [-0.2, -0.15) is 5.11 Å². The van der Waals surface area contributed by atoms with E-state index < -0.39 is 0 Å². The van der Waals surface area contributed by atoms with Crippen LogP contribution in [0.5, 0.6) is 5.75 Å². The molecule has 0 amide bonds. The zero-order valence-corrected chi connectivity index (χ0v) is 11.2. The molecule has 2 aromatic carbocycles. The number of nitrogens with zero attached hydrogens (tertiary/aromatic N) is 2. The molecule has 0 aromatic heterocycles. The van der Waals surface area contributed by atoms with Crippen molar-refractivity contribution in [1.29, 1.82) is 0 Å². The fourth-order valence-corrected chi connectivity index (χ4v) is 1.86. The normalized spacial score (nSPS) is 11.1. The van der Waals surface area contributed by atoms with E-state index in [1.165, 1.54) is 12.1 Å². The average molecular weight is 302 g/mol. The van der Waals surface area contributed by atoms with Crippen molar-refractivity contribution in [3.05, 3.63) is 51.5 Å². The van der Waals surface area contributed by atoms with Crippen molar-refractivity contribution in [1.82, 2.24) is 0 Å². The van der Waals surface area contributed by atoms with Crippen molar-refractivity contribution in [2.45, 2.75) is 0 Å². The van der Waals surface area contributed by atoms with Crippen LogP contribution in [-0.2, 0) is 0 Å². The molecule has 6 heteroatoms. The first-order chi connectivity index (χ1) is 8.56. The molecular formula is C12H7Cl3N2O. The molecule has 0 saturated carbocycles. The maximum atomic E-state index is 9.68. The SMILES string of the molecule is Oc1c(Cl)cc(Cl)cc1N=Nc1ccc(Cl)cc1. The lowest BCUT2D eigenvalue weighted by molar-refractivity contribution is 0.476. The highest BCUT2D eigenvalue weighted by Crippen LogP contribution is 2.37. The van der Waals surface area contributed by atoms with Crippen molar-refractivity contribution >= 4 is 46.2 Å². The summed E-state index contributed by atoms with van der Waals surface area (Å²) in [6.07, 6.45) is 0. The van der Waals surface area contributed by atoms with E-state index in [1.807, 2.05) is 0 Å². The van der Waals surface area contributed by atoms with Gasteiger partial charge in [0.2, 0.25) is 0 Å². The molecule has 0 radical (unpaired) electrons. The van der Waals surface area contributed by atoms with E-state index in [0.717, 1.165) is 0 Å². The van der Waals surface area contributed by atoms with E-state index in [2.05, 4.69) is 10.2 Å². The first kappa shape index (κ1) is 13.1. The van der Waals surface area contributed by atoms with Gasteiger partial charge in [-0.1, -0.05) is 34.8 Å². The molecule has 2 aromatic rings. The zero-order valence-electron chi connectivity index (χ0n) is 8.94. The first-order valence-electron chi connectivity index (χ1n) is 4.91. The second-order valence-electron chi connectivity index (χ2n) is 3.43. The topological polar surface area (TPSA) is 45.0 Å². The molecule has 0 unspecified atom stereocenters. The summed E-state index contributed by atoms with van der Waals surface area (Å²) in [5, 5.41) is 18.6. The second kappa shape index (κ2) is 5.57. The molecular weight excluding hydrogens is 295 g/mol. The van der Waals surface area contributed by atoms with Crippen molar-refractivity contribution in [2.24, 2.45) is 10.2 Å². The van der Waals surface area contributed by atoms with Gasteiger partial charge in [0.1, 0.15) is 5.69 Å². The number of aromatic hydroxyl groups is 1. The van der Waals surface area contributed by atoms with Crippen molar-refractivity contribution in [3.63, 3.8) is 0 Å². The Labute approximate surface area is 119 Å². The molecule has 0 aliphatic carbocycles. The fourth-order valence-electron chi connectivity index (χ4n) is 1.25. The van der Waals surface area contributed by atoms with E-state index in [0.29, 0.717) is 15.7 Å². The Morgan fingerprint density at radius 3 is 2.17 bits per heavy atom. The Morgan fingerprint density at radius 2 is 1.50 bits per heavy atom. The number of halogens is 3. The molecule has 92 valence electrons. The van der Waals surface area contributed by atoms with Gasteiger partial charge in [-0.05, 0) is 36.4 Å². The highest BCUT2D eigenvalue weighted by atomic mass is 35.5. The van der Waals surface area contributed by atoms with E-state index in [1.54, 1.807) is 24.3 Å². The van der Waals surface area contributed by atoms with Crippen LogP contribution in [0.4, 0.5) is 11.4 Å². The molecule has 2 rings (SSSR count). The lowest BCUT2D eigenvalue weighted by Gasteiger charge is -2.01. The average Bonchev–Trinajstić information content (AvgIpc) is 2.34. The van der Waals surface area contributed by atoms with Crippen LogP contribution in [0.15, 0.2) is 46.6 Å². The highest BCUT2D eigenvalue weighted by molar-refractivity contribution is 6.36. The molecule has 1 N–H and O–H groups in total. The van der Waals surface area contributed by atoms with Gasteiger partial charge in [0, 0.05) is 10.0 Å². The number of hydrogen-bond acceptors (Lipinski definition) is 3. The zero-order chi connectivity index (χ0) is 13.1. The molecule has 0 aliphatic rings. The summed E-state index contributed by atoms with van der Waals surface area (Å²) in [6.45, 7) is 0. The van der Waals surface area contributed by atoms with Crippen LogP contribution >= 0.6 is 34.8 Å². The quantitative estimate of drug-likeness (QED) is 0.703. The van der Waals surface area contributed by atoms with E-state index >= 15 is 0 Å². The van der Waals surface area contributed by atoms with Crippen LogP contribution in [0.25, 0.3) is 0 Å². The maximum Gasteiger partial charge on any atom is 0.161 e. The van der Waals surface area contributed by atoms with Crippen LogP contribution in [-0.4, -0.2) is 5.11 Å². The predicted molar refractivity (Wildman–Crippen MR) is 73.8 cm³/mol. The van der Waals surface area contributed by atoms with Crippen LogP contribution in [0.1, 0.15) is 0 Å². The predicted octanol–water partition coefficient (Wildman–Crippen LogP) is 5.77. The molecule has 0 bridgehead atoms. The van der Waals surface area contributed by atoms with Crippen molar-refractivity contribution < 1.29 is 5.11 Å². The smallest absolute Gasteiger partial charge is 0.161 e. The van der Waals surface area contributed by atoms with Gasteiger partial charge in [-0.3, -0.25) is 0 Å². The number of hydrogen-bond donors (Lipinski definition) is 1. The molecule has 0 spiro atoms. The summed E-state index contributed by atoms with van der Waals surface area (Å²) in [6, 6.07) is 9.70. The summed E-state index contributed by atoms with van der Waals surface area (Å²) >= 11 is 17.3. The van der Waals surface area contributed by atoms with Gasteiger partial charge in [-0.25, -0.2) is 0 Å². The summed E-state index contributed by atoms with van der Waals surface area (Å²) in [7, 11) is 0. The van der Waals surface area contributed by atoms with Gasteiger partial charge in [-0.15, -0.1) is 5.11 Å². The molecule has 0 fully saturated rings. The van der Waals surface area contributed by atoms with Gasteiger partial charge in [0.15, 0.2) is 5.75 Å². The van der Waals surface area contributed by atoms with Crippen LogP contribution in [0, 0.1) is 0 Å². The standard InChI is InChI=1S/C12H7Cl3N2O/c13-7-1-3-9(4-2-7)16-17-11-6-8(14)5-10(15)12(11)18/h1-6,18H. The van der Waals surface area contributed by atoms with Gasteiger partial charge >= 0.3 is 0 Å². The Bertz CT molecular complexity index is 597. The van der Waals surface area contributed by atoms with Gasteiger partial charge in [0.05, 0.1) is 10.7 Å². The summed E-state index contributed by atoms with van der Waals surface area (Å²) < 4.78 is 0. The first-order valence-corrected chi connectivity index (χ1v) is 6.05. The summed E-state index contributed by atoms with van der Waals surface area (Å²) in [5.41, 5.74) is 0.817. The molecule has 0 heterocycles. The minimum Gasteiger partial charge on any atom is -0.504 e. The van der Waals surface area contributed by atoms with E-state index in [-0.39, 0.29) is 16.5 Å². The summed E-state index contributed by atoms with van der Waals surface area (Å²) in [4.78, 5) is 0. The van der Waals surface area contributed by atoms with Gasteiger partial charge < -0.3 is 5.11 Å². The molecule has 0 atom stereocenters. The van der Waals surface area contributed by atoms with Crippen LogP contribution < -0.4 is 0 Å². The van der Waals surface area contributed by atoms with E-state index in [9.17, 15) is 5.11 Å². The third kappa shape index (κ3) is 3.13. The van der Waals surface area contributed by atoms with Crippen LogP contribution in [0.3, 0.4) is 0 Å². The lowest BCUT2D eigenvalue weighted by atomic mass is 10.3. The van der Waals surface area contributed by atoms with Crippen LogP contribution in [0.2, 0.25) is 15.1 Å². The Hall–Kier alpha value is -1.29. The number of benzene rings is 2. The number of rotatable bonds is 2. The maximum absolute atomic E-state index is 9.68. The highest BCUT2D eigenvalue weighted by Gasteiger charge is 2.07. The number of phenolic OH excluding ortho intramolecular Hbond substituents is 1. The Balaban J connectivity index is 2.31. The molecule has 0 saturated heterocycles. The third-order valence-electron chi connectivity index (χ3n) is 2.11. The molecule has 0 aliphatic heterocycles. The monoisotopic (exact) mass is 300 g/mol. The minimum absolute atomic E-state index is 0.132. The third-order valence-corrected chi connectivity index (χ3v) is 2.87. The van der Waals surface area contributed by atoms with E-state index in [4.69, 9.17) is 34.8 Å². The van der Waals surface area contributed by atoms with Gasteiger partial charge in [0.25, 0.3) is 0 Å². The Morgan fingerprint density at radius 1 is 0.833 bits per heavy atom. The molecule has 3 nitrogen and oxygen atoms in total. The number of phenols is 1. The minimum atomic E-state index is -0.154. The lowest BCUT2D eigenvalue weighted by Crippen LogP contribution is -1.72. The Kier molecular flexibility index (Phi) is 4.07. The largest absolute Gasteiger partial charge is 0.504 e. The van der Waals surface area contributed by atoms with Crippen molar-refractivity contribution in [3.8, 4) is 5.75 Å². The number of azo groups is 1. The summed E-state index contributed by atoms with van der Waals surface area (Å²) in [5.74, 6) is -0.154. The fraction of sp³-hybridized carbons (Fsp3) is 0. The molecule has 18 heavy (non-hydrogen) atoms. The second-order valence-corrected chi connectivity index (χ2v) is 4.71.